The third kappa shape index (κ3) is 2.99. The fourth-order valence-electron chi connectivity index (χ4n) is 2.66. The summed E-state index contributed by atoms with van der Waals surface area (Å²) in [7, 11) is 0. The highest BCUT2D eigenvalue weighted by Crippen LogP contribution is 2.45. The van der Waals surface area contributed by atoms with Crippen molar-refractivity contribution in [1.29, 1.82) is 0 Å². The van der Waals surface area contributed by atoms with E-state index in [0.29, 0.717) is 11.3 Å². The molecule has 1 nitrogen and oxygen atoms in total. The van der Waals surface area contributed by atoms with Crippen LogP contribution in [0.5, 0.6) is 0 Å². The molecule has 92 valence electrons. The lowest BCUT2D eigenvalue weighted by atomic mass is 9.66. The van der Waals surface area contributed by atoms with Crippen LogP contribution in [0.15, 0.2) is 17.4 Å². The molecule has 0 amide bonds. The summed E-state index contributed by atoms with van der Waals surface area (Å²) < 4.78 is 0. The largest absolute Gasteiger partial charge is 0.388 e. The van der Waals surface area contributed by atoms with E-state index in [-0.39, 0.29) is 6.10 Å². The predicted octanol–water partition coefficient (Wildman–Crippen LogP) is 4.08. The minimum absolute atomic E-state index is 0.307. The Morgan fingerprint density at radius 1 is 1.56 bits per heavy atom. The molecule has 0 aromatic heterocycles. The molecule has 0 radical (unpaired) electrons. The molecule has 0 spiro atoms. The van der Waals surface area contributed by atoms with Gasteiger partial charge in [0, 0.05) is 0 Å². The van der Waals surface area contributed by atoms with E-state index in [1.165, 1.54) is 31.3 Å². The maximum atomic E-state index is 9.59. The molecule has 1 aliphatic rings. The highest BCUT2D eigenvalue weighted by Gasteiger charge is 2.33. The summed E-state index contributed by atoms with van der Waals surface area (Å²) in [4.78, 5) is 0. The molecule has 1 aliphatic carbocycles. The highest BCUT2D eigenvalue weighted by atomic mass is 16.3. The van der Waals surface area contributed by atoms with Crippen LogP contribution in [0.1, 0.15) is 59.8 Å². The van der Waals surface area contributed by atoms with Crippen molar-refractivity contribution in [3.8, 4) is 0 Å². The Morgan fingerprint density at radius 2 is 2.25 bits per heavy atom. The van der Waals surface area contributed by atoms with Gasteiger partial charge in [0.25, 0.3) is 0 Å². The number of aliphatic hydroxyl groups is 1. The van der Waals surface area contributed by atoms with E-state index >= 15 is 0 Å². The molecule has 16 heavy (non-hydrogen) atoms. The molecular formula is C15H26O. The third-order valence-corrected chi connectivity index (χ3v) is 4.14. The zero-order valence-electron chi connectivity index (χ0n) is 11.2. The normalized spacial score (nSPS) is 32.1. The average Bonchev–Trinajstić information content (AvgIpc) is 2.28. The first-order chi connectivity index (χ1) is 7.53. The van der Waals surface area contributed by atoms with Crippen LogP contribution in [0, 0.1) is 11.3 Å². The SMILES string of the molecule is CCC(O)C=C=C1C(C)CCCC1(C)CC. The van der Waals surface area contributed by atoms with E-state index in [1.54, 1.807) is 0 Å². The van der Waals surface area contributed by atoms with Gasteiger partial charge in [-0.2, -0.15) is 0 Å². The Morgan fingerprint density at radius 3 is 2.81 bits per heavy atom. The van der Waals surface area contributed by atoms with Crippen molar-refractivity contribution in [2.24, 2.45) is 11.3 Å². The van der Waals surface area contributed by atoms with Crippen molar-refractivity contribution >= 4 is 0 Å². The molecule has 0 bridgehead atoms. The van der Waals surface area contributed by atoms with Crippen molar-refractivity contribution in [3.63, 3.8) is 0 Å². The highest BCUT2D eigenvalue weighted by molar-refractivity contribution is 5.18. The molecule has 3 unspecified atom stereocenters. The van der Waals surface area contributed by atoms with Gasteiger partial charge in [0.2, 0.25) is 0 Å². The Balaban J connectivity index is 2.99. The first kappa shape index (κ1) is 13.5. The monoisotopic (exact) mass is 222 g/mol. The van der Waals surface area contributed by atoms with Gasteiger partial charge in [0.1, 0.15) is 0 Å². The van der Waals surface area contributed by atoms with E-state index in [0.717, 1.165) is 6.42 Å². The standard InChI is InChI=1S/C15H26O/c1-5-13(16)9-10-14-12(3)8-7-11-15(14,4)6-2/h9,12-13,16H,5-8,11H2,1-4H3. The first-order valence-electron chi connectivity index (χ1n) is 6.68. The summed E-state index contributed by atoms with van der Waals surface area (Å²) in [6.45, 7) is 8.89. The molecule has 0 aromatic carbocycles. The van der Waals surface area contributed by atoms with Gasteiger partial charge in [0.05, 0.1) is 6.10 Å². The summed E-state index contributed by atoms with van der Waals surface area (Å²) in [5.41, 5.74) is 5.14. The summed E-state index contributed by atoms with van der Waals surface area (Å²) in [5, 5.41) is 9.59. The van der Waals surface area contributed by atoms with E-state index < -0.39 is 0 Å². The molecule has 1 fully saturated rings. The molecule has 0 aliphatic heterocycles. The van der Waals surface area contributed by atoms with Crippen molar-refractivity contribution in [2.75, 3.05) is 0 Å². The van der Waals surface area contributed by atoms with Gasteiger partial charge < -0.3 is 5.11 Å². The second kappa shape index (κ2) is 5.70. The molecule has 3 atom stereocenters. The molecule has 0 saturated heterocycles. The van der Waals surface area contributed by atoms with Gasteiger partial charge in [-0.05, 0) is 48.7 Å². The summed E-state index contributed by atoms with van der Waals surface area (Å²) in [6.07, 6.45) is 7.34. The van der Waals surface area contributed by atoms with Gasteiger partial charge in [0.15, 0.2) is 0 Å². The van der Waals surface area contributed by atoms with Crippen LogP contribution in [0.3, 0.4) is 0 Å². The minimum Gasteiger partial charge on any atom is -0.388 e. The maximum absolute atomic E-state index is 9.59. The van der Waals surface area contributed by atoms with Crippen LogP contribution in [0.4, 0.5) is 0 Å². The fraction of sp³-hybridized carbons (Fsp3) is 0.800. The quantitative estimate of drug-likeness (QED) is 0.713. The molecule has 0 aromatic rings. The number of aliphatic hydroxyl groups excluding tert-OH is 1. The lowest BCUT2D eigenvalue weighted by Gasteiger charge is -2.38. The predicted molar refractivity (Wildman–Crippen MR) is 69.3 cm³/mol. The summed E-state index contributed by atoms with van der Waals surface area (Å²) in [5.74, 6) is 0.624. The zero-order valence-corrected chi connectivity index (χ0v) is 11.2. The Kier molecular flexibility index (Phi) is 4.83. The van der Waals surface area contributed by atoms with Crippen LogP contribution >= 0.6 is 0 Å². The van der Waals surface area contributed by atoms with Crippen LogP contribution in [-0.2, 0) is 0 Å². The molecule has 1 N–H and O–H groups in total. The second-order valence-electron chi connectivity index (χ2n) is 5.41. The van der Waals surface area contributed by atoms with Crippen molar-refractivity contribution in [2.45, 2.75) is 65.9 Å². The van der Waals surface area contributed by atoms with Gasteiger partial charge >= 0.3 is 0 Å². The Bertz CT molecular complexity index is 286. The van der Waals surface area contributed by atoms with Gasteiger partial charge in [-0.25, -0.2) is 0 Å². The number of hydrogen-bond donors (Lipinski definition) is 1. The molecular weight excluding hydrogens is 196 g/mol. The van der Waals surface area contributed by atoms with E-state index in [4.69, 9.17) is 0 Å². The summed E-state index contributed by atoms with van der Waals surface area (Å²) >= 11 is 0. The average molecular weight is 222 g/mol. The molecule has 1 rings (SSSR count). The van der Waals surface area contributed by atoms with E-state index in [1.807, 2.05) is 13.0 Å². The Labute approximate surface area is 100 Å². The van der Waals surface area contributed by atoms with Gasteiger partial charge in [-0.3, -0.25) is 0 Å². The Hall–Kier alpha value is -0.520. The van der Waals surface area contributed by atoms with Gasteiger partial charge in [-0.15, -0.1) is 5.73 Å². The van der Waals surface area contributed by atoms with Crippen molar-refractivity contribution < 1.29 is 5.11 Å². The zero-order chi connectivity index (χ0) is 12.2. The number of hydrogen-bond acceptors (Lipinski definition) is 1. The minimum atomic E-state index is -0.331. The van der Waals surface area contributed by atoms with E-state index in [2.05, 4.69) is 26.5 Å². The van der Waals surface area contributed by atoms with Crippen molar-refractivity contribution in [3.05, 3.63) is 17.4 Å². The van der Waals surface area contributed by atoms with E-state index in [9.17, 15) is 5.11 Å². The van der Waals surface area contributed by atoms with Crippen molar-refractivity contribution in [1.82, 2.24) is 0 Å². The topological polar surface area (TPSA) is 20.2 Å². The molecule has 0 heterocycles. The summed E-state index contributed by atoms with van der Waals surface area (Å²) in [6, 6.07) is 0. The lowest BCUT2D eigenvalue weighted by molar-refractivity contribution is 0.218. The lowest BCUT2D eigenvalue weighted by Crippen LogP contribution is -2.27. The third-order valence-electron chi connectivity index (χ3n) is 4.14. The second-order valence-corrected chi connectivity index (χ2v) is 5.41. The van der Waals surface area contributed by atoms with Crippen LogP contribution < -0.4 is 0 Å². The molecule has 1 saturated carbocycles. The first-order valence-corrected chi connectivity index (χ1v) is 6.68. The fourth-order valence-corrected chi connectivity index (χ4v) is 2.66. The van der Waals surface area contributed by atoms with Crippen LogP contribution in [0.2, 0.25) is 0 Å². The molecule has 1 heteroatoms. The maximum Gasteiger partial charge on any atom is 0.0791 e. The van der Waals surface area contributed by atoms with Crippen LogP contribution in [-0.4, -0.2) is 11.2 Å². The number of rotatable bonds is 3. The smallest absolute Gasteiger partial charge is 0.0791 e. The van der Waals surface area contributed by atoms with Gasteiger partial charge in [-0.1, -0.05) is 34.1 Å². The van der Waals surface area contributed by atoms with Crippen LogP contribution in [0.25, 0.3) is 0 Å².